The van der Waals surface area contributed by atoms with E-state index in [-0.39, 0.29) is 0 Å². The third-order valence-electron chi connectivity index (χ3n) is 3.23. The number of methoxy groups -OCH3 is 1. The van der Waals surface area contributed by atoms with Gasteiger partial charge in [0.05, 0.1) is 13.5 Å². The van der Waals surface area contributed by atoms with E-state index in [2.05, 4.69) is 9.58 Å². The van der Waals surface area contributed by atoms with E-state index in [0.29, 0.717) is 13.0 Å². The normalized spacial score (nSPS) is 11.3. The van der Waals surface area contributed by atoms with Gasteiger partial charge in [-0.2, -0.15) is 0 Å². The third-order valence-corrected chi connectivity index (χ3v) is 3.23. The second-order valence-corrected chi connectivity index (χ2v) is 4.79. The second kappa shape index (κ2) is 7.84. The summed E-state index contributed by atoms with van der Waals surface area (Å²) in [5.41, 5.74) is 2.00. The van der Waals surface area contributed by atoms with Crippen LogP contribution in [0.3, 0.4) is 0 Å². The van der Waals surface area contributed by atoms with E-state index >= 15 is 0 Å². The van der Waals surface area contributed by atoms with Gasteiger partial charge < -0.3 is 14.3 Å². The molecular weight excluding hydrogens is 278 g/mol. The molecule has 0 aliphatic rings. The summed E-state index contributed by atoms with van der Waals surface area (Å²) in [7, 11) is 1.29. The van der Waals surface area contributed by atoms with Crippen molar-refractivity contribution in [3.63, 3.8) is 0 Å². The highest BCUT2D eigenvalue weighted by molar-refractivity contribution is 5.77. The molecule has 0 aromatic heterocycles. The van der Waals surface area contributed by atoms with Crippen LogP contribution in [-0.2, 0) is 22.6 Å². The Hall–Kier alpha value is -2.80. The Kier molecular flexibility index (Phi) is 5.56. The van der Waals surface area contributed by atoms with Crippen LogP contribution in [0.25, 0.3) is 4.85 Å². The van der Waals surface area contributed by atoms with Gasteiger partial charge in [-0.3, -0.25) is 0 Å². The van der Waals surface area contributed by atoms with E-state index in [1.165, 1.54) is 7.11 Å². The van der Waals surface area contributed by atoms with Crippen molar-refractivity contribution in [2.75, 3.05) is 7.11 Å². The molecule has 0 N–H and O–H groups in total. The lowest BCUT2D eigenvalue weighted by molar-refractivity contribution is -0.141. The first-order chi connectivity index (χ1) is 10.7. The van der Waals surface area contributed by atoms with Crippen molar-refractivity contribution in [3.8, 4) is 5.75 Å². The summed E-state index contributed by atoms with van der Waals surface area (Å²) in [5, 5.41) is 0. The molecule has 4 nitrogen and oxygen atoms in total. The van der Waals surface area contributed by atoms with Crippen molar-refractivity contribution in [2.45, 2.75) is 19.1 Å². The highest BCUT2D eigenvalue weighted by Gasteiger charge is 2.24. The van der Waals surface area contributed by atoms with Crippen molar-refractivity contribution in [2.24, 2.45) is 0 Å². The number of hydrogen-bond acceptors (Lipinski definition) is 3. The molecule has 0 saturated heterocycles. The first-order valence-electron chi connectivity index (χ1n) is 6.93. The second-order valence-electron chi connectivity index (χ2n) is 4.79. The molecule has 0 aliphatic carbocycles. The lowest BCUT2D eigenvalue weighted by Crippen LogP contribution is -2.20. The van der Waals surface area contributed by atoms with Crippen molar-refractivity contribution in [1.29, 1.82) is 0 Å². The average Bonchev–Trinajstić information content (AvgIpc) is 2.59. The monoisotopic (exact) mass is 295 g/mol. The molecule has 4 heteroatoms. The maximum absolute atomic E-state index is 11.4. The highest BCUT2D eigenvalue weighted by Crippen LogP contribution is 2.16. The number of hydrogen-bond donors (Lipinski definition) is 0. The van der Waals surface area contributed by atoms with Gasteiger partial charge in [0.25, 0.3) is 0 Å². The van der Waals surface area contributed by atoms with Crippen LogP contribution in [0.5, 0.6) is 5.75 Å². The minimum absolute atomic E-state index is 0.342. The standard InChI is InChI=1S/C18H17NO3/c1-19-17(18(20)21-2)12-14-8-10-16(11-9-14)22-13-15-6-4-3-5-7-15/h3-11,17H,12-13H2,2H3/t17-/m0/s1. The number of benzene rings is 2. The SMILES string of the molecule is [C-]#[N+][C@@H](Cc1ccc(OCc2ccccc2)cc1)C(=O)OC. The van der Waals surface area contributed by atoms with Crippen LogP contribution in [0.4, 0.5) is 0 Å². The summed E-state index contributed by atoms with van der Waals surface area (Å²) >= 11 is 0. The molecule has 1 atom stereocenters. The quantitative estimate of drug-likeness (QED) is 0.606. The highest BCUT2D eigenvalue weighted by atomic mass is 16.5. The average molecular weight is 295 g/mol. The predicted octanol–water partition coefficient (Wildman–Crippen LogP) is 3.27. The van der Waals surface area contributed by atoms with Gasteiger partial charge >= 0.3 is 12.0 Å². The Morgan fingerprint density at radius 2 is 1.77 bits per heavy atom. The zero-order valence-corrected chi connectivity index (χ0v) is 12.4. The van der Waals surface area contributed by atoms with Crippen molar-refractivity contribution in [1.82, 2.24) is 0 Å². The fourth-order valence-electron chi connectivity index (χ4n) is 2.00. The summed E-state index contributed by atoms with van der Waals surface area (Å²) in [4.78, 5) is 14.7. The van der Waals surface area contributed by atoms with Crippen LogP contribution in [0, 0.1) is 6.57 Å². The molecule has 0 heterocycles. The molecule has 0 bridgehead atoms. The Labute approximate surface area is 130 Å². The lowest BCUT2D eigenvalue weighted by atomic mass is 10.1. The van der Waals surface area contributed by atoms with Crippen molar-refractivity contribution >= 4 is 5.97 Å². The maximum Gasteiger partial charge on any atom is 0.390 e. The Bertz CT molecular complexity index is 644. The summed E-state index contributed by atoms with van der Waals surface area (Å²) < 4.78 is 10.3. The van der Waals surface area contributed by atoms with Gasteiger partial charge in [0.1, 0.15) is 12.4 Å². The van der Waals surface area contributed by atoms with Gasteiger partial charge in [-0.15, -0.1) is 0 Å². The molecule has 0 unspecified atom stereocenters. The van der Waals surface area contributed by atoms with Crippen LogP contribution < -0.4 is 4.74 Å². The topological polar surface area (TPSA) is 39.9 Å². The third kappa shape index (κ3) is 4.35. The molecule has 22 heavy (non-hydrogen) atoms. The minimum atomic E-state index is -0.791. The Morgan fingerprint density at radius 3 is 2.36 bits per heavy atom. The van der Waals surface area contributed by atoms with Crippen molar-refractivity contribution in [3.05, 3.63) is 77.1 Å². The van der Waals surface area contributed by atoms with E-state index in [4.69, 9.17) is 11.3 Å². The number of nitrogens with zero attached hydrogens (tertiary/aromatic N) is 1. The molecule has 2 rings (SSSR count). The fraction of sp³-hybridized carbons (Fsp3) is 0.222. The van der Waals surface area contributed by atoms with Gasteiger partial charge in [-0.1, -0.05) is 42.5 Å². The molecule has 0 aliphatic heterocycles. The van der Waals surface area contributed by atoms with Crippen molar-refractivity contribution < 1.29 is 14.3 Å². The summed E-state index contributed by atoms with van der Waals surface area (Å²) in [6.07, 6.45) is 0.342. The largest absolute Gasteiger partial charge is 0.489 e. The zero-order chi connectivity index (χ0) is 15.8. The first kappa shape index (κ1) is 15.6. The van der Waals surface area contributed by atoms with Crippen LogP contribution in [0.1, 0.15) is 11.1 Å². The Balaban J connectivity index is 1.93. The number of carbonyl (C=O) groups is 1. The fourth-order valence-corrected chi connectivity index (χ4v) is 2.00. The first-order valence-corrected chi connectivity index (χ1v) is 6.93. The van der Waals surface area contributed by atoms with E-state index in [1.807, 2.05) is 54.6 Å². The summed E-state index contributed by atoms with van der Waals surface area (Å²) in [6.45, 7) is 7.55. The van der Waals surface area contributed by atoms with Crippen LogP contribution in [-0.4, -0.2) is 19.1 Å². The Morgan fingerprint density at radius 1 is 1.09 bits per heavy atom. The van der Waals surface area contributed by atoms with Crippen LogP contribution in [0.15, 0.2) is 54.6 Å². The predicted molar refractivity (Wildman–Crippen MR) is 83.3 cm³/mol. The van der Waals surface area contributed by atoms with Gasteiger partial charge in [0, 0.05) is 0 Å². The zero-order valence-electron chi connectivity index (χ0n) is 12.4. The smallest absolute Gasteiger partial charge is 0.390 e. The number of rotatable bonds is 6. The molecule has 112 valence electrons. The van der Waals surface area contributed by atoms with E-state index in [0.717, 1.165) is 16.9 Å². The van der Waals surface area contributed by atoms with Gasteiger partial charge in [0.15, 0.2) is 0 Å². The van der Waals surface area contributed by atoms with Gasteiger partial charge in [0.2, 0.25) is 0 Å². The molecule has 0 fully saturated rings. The number of ether oxygens (including phenoxy) is 2. The molecule has 0 spiro atoms. The lowest BCUT2D eigenvalue weighted by Gasteiger charge is -2.08. The molecule has 0 amide bonds. The molecule has 2 aromatic rings. The van der Waals surface area contributed by atoms with Crippen LogP contribution >= 0.6 is 0 Å². The molecular formula is C18H17NO3. The summed E-state index contributed by atoms with van der Waals surface area (Å²) in [6, 6.07) is 16.5. The minimum Gasteiger partial charge on any atom is -0.489 e. The number of esters is 1. The number of carbonyl (C=O) groups excluding carboxylic acids is 1. The summed E-state index contributed by atoms with van der Waals surface area (Å²) in [5.74, 6) is 0.254. The van der Waals surface area contributed by atoms with E-state index < -0.39 is 12.0 Å². The molecule has 2 aromatic carbocycles. The van der Waals surface area contributed by atoms with Gasteiger partial charge in [-0.25, -0.2) is 11.4 Å². The van der Waals surface area contributed by atoms with Gasteiger partial charge in [-0.05, 0) is 23.3 Å². The van der Waals surface area contributed by atoms with E-state index in [1.54, 1.807) is 0 Å². The van der Waals surface area contributed by atoms with E-state index in [9.17, 15) is 4.79 Å². The molecule has 0 saturated carbocycles. The maximum atomic E-state index is 11.4. The van der Waals surface area contributed by atoms with Crippen LogP contribution in [0.2, 0.25) is 0 Å². The molecule has 0 radical (unpaired) electrons.